The first-order valence-corrected chi connectivity index (χ1v) is 8.84. The first-order chi connectivity index (χ1) is 9.71. The Morgan fingerprint density at radius 3 is 2.57 bits per heavy atom. The largest absolute Gasteiger partial charge is 0.370 e. The van der Waals surface area contributed by atoms with Crippen LogP contribution in [0.25, 0.3) is 0 Å². The minimum Gasteiger partial charge on any atom is -0.370 e. The Bertz CT molecular complexity index is 340. The molecule has 0 aromatic heterocycles. The molecular weight excluding hydrogens is 260 g/mol. The van der Waals surface area contributed by atoms with Crippen LogP contribution < -0.4 is 5.32 Å². The highest BCUT2D eigenvalue weighted by Crippen LogP contribution is 2.39. The highest BCUT2D eigenvalue weighted by Gasteiger charge is 2.38. The fraction of sp³-hybridized carbons (Fsp3) is 1.00. The van der Waals surface area contributed by atoms with Crippen molar-refractivity contribution in [3.63, 3.8) is 0 Å². The van der Waals surface area contributed by atoms with Gasteiger partial charge >= 0.3 is 0 Å². The molecule has 1 N–H and O–H groups in total. The van der Waals surface area contributed by atoms with E-state index in [1.54, 1.807) is 0 Å². The molecule has 3 nitrogen and oxygen atoms in total. The highest BCUT2D eigenvalue weighted by molar-refractivity contribution is 4.92. The monoisotopic (exact) mass is 296 g/mol. The van der Waals surface area contributed by atoms with Crippen molar-refractivity contribution in [2.75, 3.05) is 26.2 Å². The molecule has 1 aliphatic carbocycles. The van der Waals surface area contributed by atoms with Gasteiger partial charge in [-0.2, -0.15) is 0 Å². The van der Waals surface area contributed by atoms with Crippen LogP contribution in [0, 0.1) is 11.3 Å². The molecule has 3 atom stereocenters. The van der Waals surface area contributed by atoms with Gasteiger partial charge in [-0.1, -0.05) is 20.8 Å². The van der Waals surface area contributed by atoms with Gasteiger partial charge < -0.3 is 10.1 Å². The summed E-state index contributed by atoms with van der Waals surface area (Å²) in [5.74, 6) is 0.773. The van der Waals surface area contributed by atoms with Gasteiger partial charge in [-0.25, -0.2) is 0 Å². The minimum atomic E-state index is -0.00443. The Kier molecular flexibility index (Phi) is 5.38. The van der Waals surface area contributed by atoms with Gasteiger partial charge in [0, 0.05) is 25.7 Å². The Morgan fingerprint density at radius 1 is 1.24 bits per heavy atom. The van der Waals surface area contributed by atoms with Crippen LogP contribution in [0.4, 0.5) is 0 Å². The second kappa shape index (κ2) is 6.55. The predicted octanol–water partition coefficient (Wildman–Crippen LogP) is 3.29. The lowest BCUT2D eigenvalue weighted by Gasteiger charge is -2.47. The van der Waals surface area contributed by atoms with Crippen molar-refractivity contribution in [3.8, 4) is 0 Å². The molecule has 21 heavy (non-hydrogen) atoms. The van der Waals surface area contributed by atoms with Gasteiger partial charge in [-0.15, -0.1) is 0 Å². The average molecular weight is 296 g/mol. The van der Waals surface area contributed by atoms with Crippen molar-refractivity contribution in [2.24, 2.45) is 11.3 Å². The van der Waals surface area contributed by atoms with E-state index in [2.05, 4.69) is 51.8 Å². The molecule has 0 radical (unpaired) electrons. The van der Waals surface area contributed by atoms with E-state index in [4.69, 9.17) is 4.74 Å². The third-order valence-electron chi connectivity index (χ3n) is 5.11. The van der Waals surface area contributed by atoms with Crippen molar-refractivity contribution in [2.45, 2.75) is 78.6 Å². The molecule has 1 saturated heterocycles. The van der Waals surface area contributed by atoms with Crippen molar-refractivity contribution >= 4 is 0 Å². The summed E-state index contributed by atoms with van der Waals surface area (Å²) in [6.07, 6.45) is 4.38. The summed E-state index contributed by atoms with van der Waals surface area (Å²) in [5, 5.41) is 3.74. The van der Waals surface area contributed by atoms with E-state index in [1.807, 2.05) is 0 Å². The third-order valence-corrected chi connectivity index (χ3v) is 5.11. The van der Waals surface area contributed by atoms with Crippen molar-refractivity contribution in [3.05, 3.63) is 0 Å². The van der Waals surface area contributed by atoms with Gasteiger partial charge in [0.25, 0.3) is 0 Å². The fourth-order valence-electron chi connectivity index (χ4n) is 4.52. The number of ether oxygens (including phenoxy) is 1. The van der Waals surface area contributed by atoms with Crippen LogP contribution in [0.5, 0.6) is 0 Å². The van der Waals surface area contributed by atoms with Gasteiger partial charge in [0.05, 0.1) is 11.7 Å². The molecule has 0 bridgehead atoms. The Hall–Kier alpha value is -0.120. The molecule has 1 saturated carbocycles. The fourth-order valence-corrected chi connectivity index (χ4v) is 4.52. The summed E-state index contributed by atoms with van der Waals surface area (Å²) in [6, 6.07) is 0.698. The summed E-state index contributed by atoms with van der Waals surface area (Å²) in [7, 11) is 0. The highest BCUT2D eigenvalue weighted by atomic mass is 16.5. The molecule has 2 rings (SSSR count). The quantitative estimate of drug-likeness (QED) is 0.861. The lowest BCUT2D eigenvalue weighted by Crippen LogP contribution is -2.55. The van der Waals surface area contributed by atoms with Crippen LogP contribution in [-0.4, -0.2) is 48.8 Å². The normalized spacial score (nSPS) is 36.6. The number of nitrogens with zero attached hydrogens (tertiary/aromatic N) is 1. The Morgan fingerprint density at radius 2 is 1.95 bits per heavy atom. The van der Waals surface area contributed by atoms with E-state index in [9.17, 15) is 0 Å². The summed E-state index contributed by atoms with van der Waals surface area (Å²) in [4.78, 5) is 2.64. The maximum atomic E-state index is 6.05. The molecule has 1 aliphatic heterocycles. The molecule has 0 aromatic rings. The van der Waals surface area contributed by atoms with Gasteiger partial charge in [-0.3, -0.25) is 4.90 Å². The van der Waals surface area contributed by atoms with E-state index < -0.39 is 0 Å². The zero-order valence-electron chi connectivity index (χ0n) is 15.0. The van der Waals surface area contributed by atoms with Crippen molar-refractivity contribution in [1.29, 1.82) is 0 Å². The molecule has 124 valence electrons. The summed E-state index contributed by atoms with van der Waals surface area (Å²) in [6.45, 7) is 18.2. The summed E-state index contributed by atoms with van der Waals surface area (Å²) < 4.78 is 6.05. The molecule has 2 aliphatic rings. The lowest BCUT2D eigenvalue weighted by atomic mass is 9.69. The smallest absolute Gasteiger partial charge is 0.0757 e. The lowest BCUT2D eigenvalue weighted by molar-refractivity contribution is -0.133. The second-order valence-corrected chi connectivity index (χ2v) is 8.71. The van der Waals surface area contributed by atoms with Crippen LogP contribution >= 0.6 is 0 Å². The van der Waals surface area contributed by atoms with Crippen LogP contribution in [0.1, 0.15) is 60.8 Å². The van der Waals surface area contributed by atoms with E-state index in [0.717, 1.165) is 25.6 Å². The first kappa shape index (κ1) is 17.2. The van der Waals surface area contributed by atoms with Gasteiger partial charge in [0.15, 0.2) is 0 Å². The van der Waals surface area contributed by atoms with Gasteiger partial charge in [0.2, 0.25) is 0 Å². The van der Waals surface area contributed by atoms with Gasteiger partial charge in [-0.05, 0) is 57.9 Å². The zero-order valence-corrected chi connectivity index (χ0v) is 15.0. The SMILES string of the molecule is CCNC1CCC(C)(C)CC1CN1CC(C)OC(C)(C)C1. The number of rotatable bonds is 4. The molecule has 0 amide bonds. The summed E-state index contributed by atoms with van der Waals surface area (Å²) in [5.41, 5.74) is 0.500. The predicted molar refractivity (Wildman–Crippen MR) is 89.7 cm³/mol. The Labute approximate surface area is 131 Å². The molecule has 0 aromatic carbocycles. The van der Waals surface area contributed by atoms with E-state index in [-0.39, 0.29) is 5.60 Å². The standard InChI is InChI=1S/C18H36N2O/c1-7-19-16-8-9-17(3,4)10-15(16)12-20-11-14(2)21-18(5,6)13-20/h14-16,19H,7-13H2,1-6H3. The van der Waals surface area contributed by atoms with Crippen LogP contribution in [0.3, 0.4) is 0 Å². The zero-order chi connectivity index (χ0) is 15.7. The number of morpholine rings is 1. The van der Waals surface area contributed by atoms with Crippen molar-refractivity contribution < 1.29 is 4.74 Å². The molecule has 1 heterocycles. The molecular formula is C18H36N2O. The topological polar surface area (TPSA) is 24.5 Å². The number of hydrogen-bond acceptors (Lipinski definition) is 3. The maximum Gasteiger partial charge on any atom is 0.0757 e. The molecule has 3 heteroatoms. The van der Waals surface area contributed by atoms with Crippen LogP contribution in [-0.2, 0) is 4.74 Å². The first-order valence-electron chi connectivity index (χ1n) is 8.84. The molecule has 2 fully saturated rings. The number of hydrogen-bond donors (Lipinski definition) is 1. The van der Waals surface area contributed by atoms with Gasteiger partial charge in [0.1, 0.15) is 0 Å². The van der Waals surface area contributed by atoms with E-state index >= 15 is 0 Å². The van der Waals surface area contributed by atoms with Crippen LogP contribution in [0.2, 0.25) is 0 Å². The molecule has 3 unspecified atom stereocenters. The maximum absolute atomic E-state index is 6.05. The van der Waals surface area contributed by atoms with Crippen molar-refractivity contribution in [1.82, 2.24) is 10.2 Å². The second-order valence-electron chi connectivity index (χ2n) is 8.71. The summed E-state index contributed by atoms with van der Waals surface area (Å²) >= 11 is 0. The number of nitrogens with one attached hydrogen (secondary N) is 1. The average Bonchev–Trinajstić information content (AvgIpc) is 2.29. The van der Waals surface area contributed by atoms with E-state index in [0.29, 0.717) is 17.6 Å². The Balaban J connectivity index is 2.00. The third kappa shape index (κ3) is 4.94. The minimum absolute atomic E-state index is 0.00443. The molecule has 0 spiro atoms. The van der Waals surface area contributed by atoms with Crippen LogP contribution in [0.15, 0.2) is 0 Å². The van der Waals surface area contributed by atoms with E-state index in [1.165, 1.54) is 25.8 Å².